The Morgan fingerprint density at radius 2 is 1.90 bits per heavy atom. The Kier molecular flexibility index (Phi) is 3.55. The highest BCUT2D eigenvalue weighted by Crippen LogP contribution is 2.18. The number of nitrogens with zero attached hydrogens (tertiary/aromatic N) is 4. The van der Waals surface area contributed by atoms with Crippen molar-refractivity contribution >= 4 is 17.5 Å². The third-order valence-electron chi connectivity index (χ3n) is 2.40. The van der Waals surface area contributed by atoms with Crippen LogP contribution in [0.25, 0.3) is 0 Å². The molecule has 0 amide bonds. The summed E-state index contributed by atoms with van der Waals surface area (Å²) in [6, 6.07) is 8.47. The molecular weight excluding hydrogens is 258 g/mol. The molecule has 0 aliphatic rings. The Labute approximate surface area is 113 Å². The number of benzene rings is 1. The molecule has 0 fully saturated rings. The summed E-state index contributed by atoms with van der Waals surface area (Å²) in [4.78, 5) is 18.2. The molecule has 7 heteroatoms. The van der Waals surface area contributed by atoms with Crippen molar-refractivity contribution in [3.8, 4) is 12.1 Å². The smallest absolute Gasteiger partial charge is 0.356 e. The van der Waals surface area contributed by atoms with Gasteiger partial charge in [0.15, 0.2) is 5.69 Å². The maximum Gasteiger partial charge on any atom is 0.356 e. The second kappa shape index (κ2) is 5.46. The van der Waals surface area contributed by atoms with Gasteiger partial charge in [0.2, 0.25) is 0 Å². The first-order valence-corrected chi connectivity index (χ1v) is 5.40. The molecule has 0 atom stereocenters. The summed E-state index contributed by atoms with van der Waals surface area (Å²) < 4.78 is 0. The lowest BCUT2D eigenvalue weighted by Crippen LogP contribution is -2.02. The van der Waals surface area contributed by atoms with Crippen LogP contribution in [0.5, 0.6) is 0 Å². The number of rotatable bonds is 3. The summed E-state index contributed by atoms with van der Waals surface area (Å²) in [7, 11) is 0. The fourth-order valence-electron chi connectivity index (χ4n) is 1.46. The van der Waals surface area contributed by atoms with E-state index in [-0.39, 0.29) is 16.8 Å². The van der Waals surface area contributed by atoms with Gasteiger partial charge in [0.05, 0.1) is 23.5 Å². The van der Waals surface area contributed by atoms with Gasteiger partial charge < -0.3 is 10.4 Å². The van der Waals surface area contributed by atoms with E-state index in [2.05, 4.69) is 15.3 Å². The molecule has 0 aliphatic carbocycles. The van der Waals surface area contributed by atoms with Gasteiger partial charge in [-0.3, -0.25) is 0 Å². The van der Waals surface area contributed by atoms with Gasteiger partial charge in [0.1, 0.15) is 18.0 Å². The molecule has 2 rings (SSSR count). The van der Waals surface area contributed by atoms with Gasteiger partial charge in [-0.1, -0.05) is 0 Å². The van der Waals surface area contributed by atoms with E-state index in [0.29, 0.717) is 11.5 Å². The van der Waals surface area contributed by atoms with Crippen LogP contribution in [0, 0.1) is 22.7 Å². The normalized spacial score (nSPS) is 9.30. The molecule has 0 saturated heterocycles. The van der Waals surface area contributed by atoms with Crippen molar-refractivity contribution in [3.63, 3.8) is 0 Å². The monoisotopic (exact) mass is 265 g/mol. The van der Waals surface area contributed by atoms with Gasteiger partial charge in [-0.2, -0.15) is 10.5 Å². The third kappa shape index (κ3) is 2.68. The van der Waals surface area contributed by atoms with Gasteiger partial charge in [0, 0.05) is 5.69 Å². The molecule has 2 aromatic rings. The number of hydrogen-bond acceptors (Lipinski definition) is 6. The molecule has 1 aromatic carbocycles. The molecule has 1 heterocycles. The zero-order valence-electron chi connectivity index (χ0n) is 10.0. The van der Waals surface area contributed by atoms with Gasteiger partial charge in [0.25, 0.3) is 0 Å². The SMILES string of the molecule is N#Cc1ccc(Nc2cnc(C(=O)O)cn2)cc1C#N. The third-order valence-corrected chi connectivity index (χ3v) is 2.40. The van der Waals surface area contributed by atoms with Crippen LogP contribution in [0.2, 0.25) is 0 Å². The van der Waals surface area contributed by atoms with Crippen molar-refractivity contribution in [2.24, 2.45) is 0 Å². The predicted octanol–water partition coefficient (Wildman–Crippen LogP) is 1.66. The highest BCUT2D eigenvalue weighted by Gasteiger charge is 2.06. The van der Waals surface area contributed by atoms with Crippen molar-refractivity contribution < 1.29 is 9.90 Å². The summed E-state index contributed by atoms with van der Waals surface area (Å²) >= 11 is 0. The molecule has 0 unspecified atom stereocenters. The Morgan fingerprint density at radius 3 is 2.45 bits per heavy atom. The maximum absolute atomic E-state index is 10.6. The molecular formula is C13H7N5O2. The van der Waals surface area contributed by atoms with E-state index in [4.69, 9.17) is 15.6 Å². The Balaban J connectivity index is 2.24. The van der Waals surface area contributed by atoms with Crippen LogP contribution in [0.4, 0.5) is 11.5 Å². The van der Waals surface area contributed by atoms with Crippen molar-refractivity contribution in [2.75, 3.05) is 5.32 Å². The summed E-state index contributed by atoms with van der Waals surface area (Å²) in [6.07, 6.45) is 2.40. The molecule has 20 heavy (non-hydrogen) atoms. The minimum absolute atomic E-state index is 0.159. The molecule has 96 valence electrons. The number of carbonyl (C=O) groups is 1. The largest absolute Gasteiger partial charge is 0.476 e. The zero-order chi connectivity index (χ0) is 14.5. The lowest BCUT2D eigenvalue weighted by Gasteiger charge is -2.06. The molecule has 0 saturated carbocycles. The van der Waals surface area contributed by atoms with Gasteiger partial charge in [-0.05, 0) is 18.2 Å². The second-order valence-corrected chi connectivity index (χ2v) is 3.70. The molecule has 0 spiro atoms. The number of nitriles is 2. The summed E-state index contributed by atoms with van der Waals surface area (Å²) in [6.45, 7) is 0. The Hall–Kier alpha value is -3.45. The Morgan fingerprint density at radius 1 is 1.15 bits per heavy atom. The molecule has 0 radical (unpaired) electrons. The first kappa shape index (κ1) is 13.0. The summed E-state index contributed by atoms with van der Waals surface area (Å²) in [5.74, 6) is -0.821. The quantitative estimate of drug-likeness (QED) is 0.864. The van der Waals surface area contributed by atoms with Crippen molar-refractivity contribution in [3.05, 3.63) is 47.4 Å². The number of anilines is 2. The van der Waals surface area contributed by atoms with Crippen LogP contribution >= 0.6 is 0 Å². The first-order valence-electron chi connectivity index (χ1n) is 5.40. The first-order chi connectivity index (χ1) is 9.63. The van der Waals surface area contributed by atoms with Crippen LogP contribution in [0.15, 0.2) is 30.6 Å². The number of hydrogen-bond donors (Lipinski definition) is 2. The molecule has 0 bridgehead atoms. The zero-order valence-corrected chi connectivity index (χ0v) is 10.0. The topological polar surface area (TPSA) is 123 Å². The highest BCUT2D eigenvalue weighted by molar-refractivity contribution is 5.85. The van der Waals surface area contributed by atoms with Crippen molar-refractivity contribution in [2.45, 2.75) is 0 Å². The molecule has 2 N–H and O–H groups in total. The van der Waals surface area contributed by atoms with Crippen LogP contribution in [-0.4, -0.2) is 21.0 Å². The fraction of sp³-hybridized carbons (Fsp3) is 0. The van der Waals surface area contributed by atoms with E-state index in [1.165, 1.54) is 18.3 Å². The highest BCUT2D eigenvalue weighted by atomic mass is 16.4. The summed E-state index contributed by atoms with van der Waals surface area (Å²) in [5.41, 5.74) is 0.920. The molecule has 1 aromatic heterocycles. The van der Waals surface area contributed by atoms with E-state index in [1.54, 1.807) is 6.07 Å². The Bertz CT molecular complexity index is 741. The minimum atomic E-state index is -1.16. The van der Waals surface area contributed by atoms with E-state index in [1.807, 2.05) is 12.1 Å². The number of aromatic carboxylic acids is 1. The average molecular weight is 265 g/mol. The minimum Gasteiger partial charge on any atom is -0.476 e. The van der Waals surface area contributed by atoms with Gasteiger partial charge in [-0.25, -0.2) is 14.8 Å². The number of carboxylic acid groups (broad SMARTS) is 1. The maximum atomic E-state index is 10.6. The van der Waals surface area contributed by atoms with Gasteiger partial charge >= 0.3 is 5.97 Å². The van der Waals surface area contributed by atoms with Crippen LogP contribution in [0.3, 0.4) is 0 Å². The van der Waals surface area contributed by atoms with E-state index >= 15 is 0 Å². The second-order valence-electron chi connectivity index (χ2n) is 3.70. The lowest BCUT2D eigenvalue weighted by molar-refractivity contribution is 0.0690. The lowest BCUT2D eigenvalue weighted by atomic mass is 10.1. The standard InChI is InChI=1S/C13H7N5O2/c14-4-8-1-2-10(3-9(8)5-15)18-12-7-16-11(6-17-12)13(19)20/h1-3,6-7H,(H,17,18)(H,19,20). The number of nitrogens with one attached hydrogen (secondary N) is 1. The molecule has 0 aliphatic heterocycles. The number of carboxylic acids is 1. The van der Waals surface area contributed by atoms with Crippen LogP contribution < -0.4 is 5.32 Å². The van der Waals surface area contributed by atoms with Crippen molar-refractivity contribution in [1.29, 1.82) is 10.5 Å². The van der Waals surface area contributed by atoms with E-state index in [9.17, 15) is 4.79 Å². The fourth-order valence-corrected chi connectivity index (χ4v) is 1.46. The predicted molar refractivity (Wildman–Crippen MR) is 68.1 cm³/mol. The van der Waals surface area contributed by atoms with Crippen LogP contribution in [0.1, 0.15) is 21.6 Å². The van der Waals surface area contributed by atoms with Gasteiger partial charge in [-0.15, -0.1) is 0 Å². The average Bonchev–Trinajstić information content (AvgIpc) is 2.47. The van der Waals surface area contributed by atoms with Crippen molar-refractivity contribution in [1.82, 2.24) is 9.97 Å². The van der Waals surface area contributed by atoms with Crippen LogP contribution in [-0.2, 0) is 0 Å². The summed E-state index contributed by atoms with van der Waals surface area (Å²) in [5, 5.41) is 29.3. The van der Waals surface area contributed by atoms with E-state index in [0.717, 1.165) is 6.20 Å². The molecule has 7 nitrogen and oxygen atoms in total. The number of aromatic nitrogens is 2. The van der Waals surface area contributed by atoms with E-state index < -0.39 is 5.97 Å².